The quantitative estimate of drug-likeness (QED) is 0.0812. The molecule has 0 fully saturated rings. The number of unbranched alkanes of at least 4 members (excludes halogenated alkanes) is 17. The van der Waals surface area contributed by atoms with Crippen LogP contribution in [-0.2, 0) is 9.53 Å². The Labute approximate surface area is 260 Å². The molecule has 0 radical (unpaired) electrons. The zero-order valence-corrected chi connectivity index (χ0v) is 28.8. The first-order valence-corrected chi connectivity index (χ1v) is 17.6. The van der Waals surface area contributed by atoms with Gasteiger partial charge in [-0.15, -0.1) is 0 Å². The van der Waals surface area contributed by atoms with Gasteiger partial charge >= 0.3 is 12.1 Å². The summed E-state index contributed by atoms with van der Waals surface area (Å²) in [5.41, 5.74) is -0.595. The normalized spacial score (nSPS) is 12.1. The highest BCUT2D eigenvalue weighted by atomic mass is 16.6. The van der Waals surface area contributed by atoms with Gasteiger partial charge in [0.25, 0.3) is 0 Å². The molecule has 252 valence electrons. The Morgan fingerprint density at radius 3 is 1.50 bits per heavy atom. The molecule has 0 rings (SSSR count). The number of alkyl carbamates (subject to hydrolysis) is 1. The number of hydrogen-bond donors (Lipinski definition) is 3. The fraction of sp³-hybridized carbons (Fsp3) is 0.943. The molecule has 0 saturated carbocycles. The topological polar surface area (TPSA) is 99.1 Å². The molecular weight excluding hydrogens is 528 g/mol. The van der Waals surface area contributed by atoms with Gasteiger partial charge in [0, 0.05) is 6.54 Å². The van der Waals surface area contributed by atoms with E-state index in [0.717, 1.165) is 13.0 Å². The lowest BCUT2D eigenvalue weighted by Gasteiger charge is -2.25. The third kappa shape index (κ3) is 36.7. The molecule has 3 N–H and O–H groups in total. The number of aliphatic hydroxyl groups is 1. The van der Waals surface area contributed by atoms with Crippen LogP contribution in [0.4, 0.5) is 4.79 Å². The fourth-order valence-corrected chi connectivity index (χ4v) is 4.86. The predicted octanol–water partition coefficient (Wildman–Crippen LogP) is 9.50. The molecule has 1 unspecified atom stereocenters. The SMILES string of the molecule is CC(C)(C)OC(=O)NCC(=O)O.CCCCCCCCCCCCN(CCCC)CC(O)CCCCCCCCCC. The van der Waals surface area contributed by atoms with Crippen LogP contribution in [-0.4, -0.2) is 65.1 Å². The number of nitrogens with zero attached hydrogens (tertiary/aromatic N) is 1. The minimum absolute atomic E-state index is 0.120. The molecule has 0 heterocycles. The number of ether oxygens (including phenoxy) is 1. The van der Waals surface area contributed by atoms with Gasteiger partial charge in [0.2, 0.25) is 0 Å². The number of amides is 1. The van der Waals surface area contributed by atoms with Gasteiger partial charge in [0.05, 0.1) is 6.10 Å². The summed E-state index contributed by atoms with van der Waals surface area (Å²) in [4.78, 5) is 23.3. The highest BCUT2D eigenvalue weighted by Gasteiger charge is 2.16. The summed E-state index contributed by atoms with van der Waals surface area (Å²) in [5, 5.41) is 20.8. The molecule has 7 heteroatoms. The molecule has 0 aliphatic rings. The Kier molecular flexibility index (Phi) is 31.7. The summed E-state index contributed by atoms with van der Waals surface area (Å²) < 4.78 is 4.77. The van der Waals surface area contributed by atoms with Crippen LogP contribution in [0.5, 0.6) is 0 Å². The number of aliphatic carboxylic acids is 1. The van der Waals surface area contributed by atoms with Gasteiger partial charge in [-0.25, -0.2) is 4.79 Å². The highest BCUT2D eigenvalue weighted by molar-refractivity contribution is 5.76. The number of hydrogen-bond acceptors (Lipinski definition) is 5. The van der Waals surface area contributed by atoms with Gasteiger partial charge < -0.3 is 25.2 Å². The number of nitrogens with one attached hydrogen (secondary N) is 1. The Hall–Kier alpha value is -1.34. The van der Waals surface area contributed by atoms with Crippen molar-refractivity contribution >= 4 is 12.1 Å². The maximum Gasteiger partial charge on any atom is 0.408 e. The van der Waals surface area contributed by atoms with Crippen LogP contribution in [0, 0.1) is 0 Å². The number of rotatable bonds is 27. The van der Waals surface area contributed by atoms with Crippen LogP contribution < -0.4 is 5.32 Å². The molecule has 1 atom stereocenters. The smallest absolute Gasteiger partial charge is 0.408 e. The van der Waals surface area contributed by atoms with Crippen molar-refractivity contribution in [1.82, 2.24) is 10.2 Å². The Morgan fingerprint density at radius 2 is 1.07 bits per heavy atom. The third-order valence-electron chi connectivity index (χ3n) is 7.30. The maximum atomic E-state index is 10.8. The molecular formula is C35H72N2O5. The zero-order valence-electron chi connectivity index (χ0n) is 28.8. The van der Waals surface area contributed by atoms with E-state index in [1.165, 1.54) is 142 Å². The van der Waals surface area contributed by atoms with Crippen LogP contribution in [0.15, 0.2) is 0 Å². The predicted molar refractivity (Wildman–Crippen MR) is 178 cm³/mol. The lowest BCUT2D eigenvalue weighted by atomic mass is 10.0. The summed E-state index contributed by atoms with van der Waals surface area (Å²) in [6.07, 6.45) is 27.5. The van der Waals surface area contributed by atoms with E-state index in [-0.39, 0.29) is 6.10 Å². The summed E-state index contributed by atoms with van der Waals surface area (Å²) in [6, 6.07) is 0. The maximum absolute atomic E-state index is 10.8. The second-order valence-electron chi connectivity index (χ2n) is 13.0. The van der Waals surface area contributed by atoms with Crippen LogP contribution in [0.3, 0.4) is 0 Å². The van der Waals surface area contributed by atoms with E-state index in [4.69, 9.17) is 9.84 Å². The van der Waals surface area contributed by atoms with E-state index in [2.05, 4.69) is 31.0 Å². The molecule has 42 heavy (non-hydrogen) atoms. The molecule has 1 amide bonds. The first-order chi connectivity index (χ1) is 20.1. The number of carboxylic acids is 1. The van der Waals surface area contributed by atoms with E-state index in [0.29, 0.717) is 0 Å². The third-order valence-corrected chi connectivity index (χ3v) is 7.30. The van der Waals surface area contributed by atoms with Crippen LogP contribution in [0.2, 0.25) is 0 Å². The largest absolute Gasteiger partial charge is 0.480 e. The standard InChI is InChI=1S/C28H59NO.C7H13NO4/c1-4-7-10-12-14-16-17-19-21-23-26-29(25-9-6-3)27-28(30)24-22-20-18-15-13-11-8-5-2;1-7(2,3)12-6(11)8-4-5(9)10/h28,30H,4-27H2,1-3H3;4H2,1-3H3,(H,8,11)(H,9,10). The molecule has 7 nitrogen and oxygen atoms in total. The lowest BCUT2D eigenvalue weighted by Crippen LogP contribution is -2.35. The van der Waals surface area contributed by atoms with Crippen LogP contribution >= 0.6 is 0 Å². The van der Waals surface area contributed by atoms with Crippen LogP contribution in [0.25, 0.3) is 0 Å². The van der Waals surface area contributed by atoms with Crippen molar-refractivity contribution in [2.24, 2.45) is 0 Å². The van der Waals surface area contributed by atoms with Crippen molar-refractivity contribution in [1.29, 1.82) is 0 Å². The van der Waals surface area contributed by atoms with Crippen molar-refractivity contribution in [2.45, 2.75) is 188 Å². The van der Waals surface area contributed by atoms with E-state index >= 15 is 0 Å². The Morgan fingerprint density at radius 1 is 0.667 bits per heavy atom. The van der Waals surface area contributed by atoms with Gasteiger partial charge in [-0.05, 0) is 53.1 Å². The summed E-state index contributed by atoms with van der Waals surface area (Å²) in [6.45, 7) is 14.8. The van der Waals surface area contributed by atoms with E-state index < -0.39 is 24.2 Å². The minimum atomic E-state index is -1.10. The summed E-state index contributed by atoms with van der Waals surface area (Å²) >= 11 is 0. The zero-order chi connectivity index (χ0) is 31.9. The molecule has 0 aromatic rings. The molecule has 0 spiro atoms. The second-order valence-corrected chi connectivity index (χ2v) is 13.0. The van der Waals surface area contributed by atoms with Gasteiger partial charge in [-0.3, -0.25) is 4.79 Å². The molecule has 0 saturated heterocycles. The monoisotopic (exact) mass is 601 g/mol. The summed E-state index contributed by atoms with van der Waals surface area (Å²) in [5.74, 6) is -1.10. The fourth-order valence-electron chi connectivity index (χ4n) is 4.86. The number of carboxylic acid groups (broad SMARTS) is 1. The average molecular weight is 601 g/mol. The van der Waals surface area contributed by atoms with Gasteiger partial charge in [-0.2, -0.15) is 0 Å². The molecule has 0 bridgehead atoms. The van der Waals surface area contributed by atoms with Gasteiger partial charge in [0.1, 0.15) is 12.1 Å². The first-order valence-electron chi connectivity index (χ1n) is 17.6. The van der Waals surface area contributed by atoms with Crippen molar-refractivity contribution in [3.63, 3.8) is 0 Å². The average Bonchev–Trinajstić information content (AvgIpc) is 2.92. The van der Waals surface area contributed by atoms with E-state index in [1.54, 1.807) is 20.8 Å². The van der Waals surface area contributed by atoms with Crippen molar-refractivity contribution in [2.75, 3.05) is 26.2 Å². The Balaban J connectivity index is 0. The second kappa shape index (κ2) is 31.1. The molecule has 0 aromatic carbocycles. The molecule has 0 aromatic heterocycles. The molecule has 0 aliphatic heterocycles. The van der Waals surface area contributed by atoms with E-state index in [9.17, 15) is 14.7 Å². The van der Waals surface area contributed by atoms with Crippen molar-refractivity contribution in [3.8, 4) is 0 Å². The number of carbonyl (C=O) groups excluding carboxylic acids is 1. The van der Waals surface area contributed by atoms with Gasteiger partial charge in [0.15, 0.2) is 0 Å². The Bertz CT molecular complexity index is 594. The van der Waals surface area contributed by atoms with E-state index in [1.807, 2.05) is 0 Å². The highest BCUT2D eigenvalue weighted by Crippen LogP contribution is 2.13. The first kappa shape index (κ1) is 42.8. The van der Waals surface area contributed by atoms with Gasteiger partial charge in [-0.1, -0.05) is 136 Å². The van der Waals surface area contributed by atoms with Crippen LogP contribution in [0.1, 0.15) is 176 Å². The lowest BCUT2D eigenvalue weighted by molar-refractivity contribution is -0.136. The number of carbonyl (C=O) groups is 2. The van der Waals surface area contributed by atoms with Crippen molar-refractivity contribution < 1.29 is 24.5 Å². The number of aliphatic hydroxyl groups excluding tert-OH is 1. The summed E-state index contributed by atoms with van der Waals surface area (Å²) in [7, 11) is 0. The minimum Gasteiger partial charge on any atom is -0.480 e. The van der Waals surface area contributed by atoms with Crippen molar-refractivity contribution in [3.05, 3.63) is 0 Å². The molecule has 0 aliphatic carbocycles.